The summed E-state index contributed by atoms with van der Waals surface area (Å²) in [6.07, 6.45) is 3.63. The van der Waals surface area contributed by atoms with Crippen LogP contribution < -0.4 is 4.74 Å². The number of imide groups is 1. The molecule has 2 heterocycles. The van der Waals surface area contributed by atoms with Crippen molar-refractivity contribution in [3.05, 3.63) is 82.6 Å². The van der Waals surface area contributed by atoms with Gasteiger partial charge in [-0.3, -0.25) is 14.5 Å². The summed E-state index contributed by atoms with van der Waals surface area (Å²) >= 11 is 0. The van der Waals surface area contributed by atoms with Crippen molar-refractivity contribution in [1.82, 2.24) is 14.7 Å². The van der Waals surface area contributed by atoms with E-state index in [1.54, 1.807) is 24.6 Å². The lowest BCUT2D eigenvalue weighted by molar-refractivity contribution is -0.140. The predicted octanol–water partition coefficient (Wildman–Crippen LogP) is 5.25. The summed E-state index contributed by atoms with van der Waals surface area (Å²) in [5.74, 6) is -0.182. The molecule has 1 aliphatic rings. The van der Waals surface area contributed by atoms with Gasteiger partial charge in [-0.05, 0) is 82.2 Å². The van der Waals surface area contributed by atoms with E-state index in [0.717, 1.165) is 27.5 Å². The average molecular weight is 481 g/mol. The smallest absolute Gasteiger partial charge is 0.271 e. The third-order valence-electron chi connectivity index (χ3n) is 6.02. The topological polar surface area (TPSA) is 88.2 Å². The summed E-state index contributed by atoms with van der Waals surface area (Å²) in [5, 5.41) is 14.4. The number of benzene rings is 2. The molecule has 182 valence electrons. The number of aromatic nitrogens is 2. The van der Waals surface area contributed by atoms with E-state index in [-0.39, 0.29) is 18.2 Å². The van der Waals surface area contributed by atoms with E-state index in [1.165, 1.54) is 0 Å². The van der Waals surface area contributed by atoms with Crippen LogP contribution in [0.4, 0.5) is 0 Å². The monoisotopic (exact) mass is 480 g/mol. The maximum atomic E-state index is 13.2. The summed E-state index contributed by atoms with van der Waals surface area (Å²) in [6, 6.07) is 17.5. The Morgan fingerprint density at radius 2 is 1.81 bits per heavy atom. The minimum Gasteiger partial charge on any atom is -0.491 e. The number of carbonyl (C=O) groups excluding carboxylic acids is 2. The summed E-state index contributed by atoms with van der Waals surface area (Å²) in [4.78, 5) is 26.9. The molecular formula is C29H28N4O3. The van der Waals surface area contributed by atoms with Gasteiger partial charge in [0.1, 0.15) is 17.4 Å². The van der Waals surface area contributed by atoms with Gasteiger partial charge < -0.3 is 4.74 Å². The van der Waals surface area contributed by atoms with Gasteiger partial charge in [0.15, 0.2) is 0 Å². The number of carbonyl (C=O) groups is 2. The Labute approximate surface area is 210 Å². The van der Waals surface area contributed by atoms with Crippen LogP contribution >= 0.6 is 0 Å². The molecule has 4 rings (SSSR count). The van der Waals surface area contributed by atoms with Gasteiger partial charge >= 0.3 is 0 Å². The van der Waals surface area contributed by atoms with E-state index in [1.807, 2.05) is 81.6 Å². The van der Waals surface area contributed by atoms with Gasteiger partial charge in [-0.2, -0.15) is 10.4 Å². The van der Waals surface area contributed by atoms with E-state index in [2.05, 4.69) is 0 Å². The van der Waals surface area contributed by atoms with Crippen molar-refractivity contribution in [1.29, 1.82) is 5.26 Å². The zero-order valence-electron chi connectivity index (χ0n) is 21.1. The Hall–Kier alpha value is -4.44. The summed E-state index contributed by atoms with van der Waals surface area (Å²) < 4.78 is 7.65. The number of hydrogen-bond donors (Lipinski definition) is 0. The van der Waals surface area contributed by atoms with Gasteiger partial charge in [-0.25, -0.2) is 4.68 Å². The molecule has 36 heavy (non-hydrogen) atoms. The normalized spacial score (nSPS) is 15.1. The first-order valence-electron chi connectivity index (χ1n) is 11.9. The van der Waals surface area contributed by atoms with Crippen LogP contribution in [0.1, 0.15) is 38.8 Å². The van der Waals surface area contributed by atoms with Crippen molar-refractivity contribution in [3.8, 4) is 28.8 Å². The van der Waals surface area contributed by atoms with E-state index >= 15 is 0 Å². The molecule has 0 radical (unpaired) electrons. The maximum absolute atomic E-state index is 13.2. The summed E-state index contributed by atoms with van der Waals surface area (Å²) in [5.41, 5.74) is 4.71. The first kappa shape index (κ1) is 24.7. The highest BCUT2D eigenvalue weighted by Gasteiger charge is 2.34. The Kier molecular flexibility index (Phi) is 6.89. The highest BCUT2D eigenvalue weighted by Crippen LogP contribution is 2.33. The third-order valence-corrected chi connectivity index (χ3v) is 6.02. The quantitative estimate of drug-likeness (QED) is 0.355. The Morgan fingerprint density at radius 3 is 2.42 bits per heavy atom. The molecule has 0 saturated heterocycles. The standard InChI is InChI=1S/C29H28N4O3/c1-6-32-28(34)24(20(5)25(16-30)29(32)35)15-22-17-33(23-10-8-7-9-11-23)31-27(22)21-12-13-26(19(4)14-21)36-18(2)3/h7-15,17-18H,6H2,1-5H3/b24-15+. The van der Waals surface area contributed by atoms with Crippen LogP contribution in [0.2, 0.25) is 0 Å². The van der Waals surface area contributed by atoms with E-state index in [4.69, 9.17) is 9.84 Å². The lowest BCUT2D eigenvalue weighted by atomic mass is 9.93. The average Bonchev–Trinajstić information content (AvgIpc) is 3.28. The molecule has 7 nitrogen and oxygen atoms in total. The van der Waals surface area contributed by atoms with Gasteiger partial charge in [0.25, 0.3) is 11.8 Å². The number of para-hydroxylation sites is 1. The number of likely N-dealkylation sites (N-methyl/N-ethyl adjacent to an activating group) is 1. The molecule has 0 saturated carbocycles. The summed E-state index contributed by atoms with van der Waals surface area (Å²) in [7, 11) is 0. The number of amides is 2. The molecule has 0 aliphatic carbocycles. The molecule has 1 aromatic heterocycles. The fraction of sp³-hybridized carbons (Fsp3) is 0.241. The SMILES string of the molecule is CCN1C(=O)C(C#N)=C(C)/C(=C\c2cn(-c3ccccc3)nc2-c2ccc(OC(C)C)c(C)c2)C1=O. The van der Waals surface area contributed by atoms with Crippen LogP contribution in [0.3, 0.4) is 0 Å². The van der Waals surface area contributed by atoms with Crippen LogP contribution in [0.15, 0.2) is 71.4 Å². The third kappa shape index (κ3) is 4.58. The molecule has 0 unspecified atom stereocenters. The first-order chi connectivity index (χ1) is 17.2. The minimum atomic E-state index is -0.559. The van der Waals surface area contributed by atoms with Crippen molar-refractivity contribution in [2.24, 2.45) is 0 Å². The maximum Gasteiger partial charge on any atom is 0.271 e. The Bertz CT molecular complexity index is 1440. The minimum absolute atomic E-state index is 0.0225. The number of rotatable bonds is 6. The highest BCUT2D eigenvalue weighted by atomic mass is 16.5. The van der Waals surface area contributed by atoms with Crippen LogP contribution in [-0.2, 0) is 9.59 Å². The molecule has 3 aromatic rings. The van der Waals surface area contributed by atoms with Crippen LogP contribution in [0.25, 0.3) is 23.0 Å². The molecule has 0 spiro atoms. The Morgan fingerprint density at radius 1 is 1.08 bits per heavy atom. The largest absolute Gasteiger partial charge is 0.491 e. The fourth-order valence-electron chi connectivity index (χ4n) is 4.19. The molecular weight excluding hydrogens is 452 g/mol. The molecule has 0 atom stereocenters. The fourth-order valence-corrected chi connectivity index (χ4v) is 4.19. The second-order valence-electron chi connectivity index (χ2n) is 8.88. The highest BCUT2D eigenvalue weighted by molar-refractivity contribution is 6.19. The van der Waals surface area contributed by atoms with Crippen molar-refractivity contribution in [2.75, 3.05) is 6.54 Å². The second kappa shape index (κ2) is 10.0. The number of nitrogens with zero attached hydrogens (tertiary/aromatic N) is 4. The van der Waals surface area contributed by atoms with Gasteiger partial charge in [0.2, 0.25) is 0 Å². The predicted molar refractivity (Wildman–Crippen MR) is 138 cm³/mol. The lowest BCUT2D eigenvalue weighted by Crippen LogP contribution is -2.42. The Balaban J connectivity index is 1.91. The molecule has 2 aromatic carbocycles. The van der Waals surface area contributed by atoms with Crippen LogP contribution in [0, 0.1) is 18.3 Å². The van der Waals surface area contributed by atoms with Crippen molar-refractivity contribution >= 4 is 17.9 Å². The molecule has 2 amide bonds. The first-order valence-corrected chi connectivity index (χ1v) is 11.9. The van der Waals surface area contributed by atoms with Gasteiger partial charge in [0, 0.05) is 29.4 Å². The van der Waals surface area contributed by atoms with Gasteiger partial charge in [0.05, 0.1) is 17.5 Å². The van der Waals surface area contributed by atoms with Crippen molar-refractivity contribution in [3.63, 3.8) is 0 Å². The van der Waals surface area contributed by atoms with E-state index < -0.39 is 11.8 Å². The number of aryl methyl sites for hydroxylation is 1. The molecule has 0 fully saturated rings. The number of hydrogen-bond acceptors (Lipinski definition) is 5. The number of ether oxygens (including phenoxy) is 1. The zero-order chi connectivity index (χ0) is 26.0. The van der Waals surface area contributed by atoms with Gasteiger partial charge in [-0.15, -0.1) is 0 Å². The van der Waals surface area contributed by atoms with E-state index in [9.17, 15) is 14.9 Å². The molecule has 7 heteroatoms. The van der Waals surface area contributed by atoms with Crippen molar-refractivity contribution in [2.45, 2.75) is 40.7 Å². The molecule has 1 aliphatic heterocycles. The van der Waals surface area contributed by atoms with Crippen LogP contribution in [-0.4, -0.2) is 39.1 Å². The van der Waals surface area contributed by atoms with Gasteiger partial charge in [-0.1, -0.05) is 18.2 Å². The second-order valence-corrected chi connectivity index (χ2v) is 8.88. The summed E-state index contributed by atoms with van der Waals surface area (Å²) in [6.45, 7) is 9.48. The van der Waals surface area contributed by atoms with E-state index in [0.29, 0.717) is 22.4 Å². The molecule has 0 bridgehead atoms. The van der Waals surface area contributed by atoms with Crippen molar-refractivity contribution < 1.29 is 14.3 Å². The zero-order valence-corrected chi connectivity index (χ0v) is 21.1. The molecule has 0 N–H and O–H groups in total. The lowest BCUT2D eigenvalue weighted by Gasteiger charge is -2.26. The number of nitriles is 1. The van der Waals surface area contributed by atoms with Crippen LogP contribution in [0.5, 0.6) is 5.75 Å².